The summed E-state index contributed by atoms with van der Waals surface area (Å²) in [5, 5.41) is 9.88. The highest BCUT2D eigenvalue weighted by Gasteiger charge is 2.26. The predicted molar refractivity (Wildman–Crippen MR) is 95.6 cm³/mol. The molecule has 0 saturated carbocycles. The number of nitrogens with zero attached hydrogens (tertiary/aromatic N) is 3. The Morgan fingerprint density at radius 1 is 1.33 bits per heavy atom. The molecule has 126 valence electrons. The SMILES string of the molecule is CC(C)C[C@](C)(C#N)COc1ccc(-c2cc(N)ncn2)cc1Cl. The van der Waals surface area contributed by atoms with Crippen LogP contribution in [0, 0.1) is 22.7 Å². The van der Waals surface area contributed by atoms with Crippen molar-refractivity contribution in [2.75, 3.05) is 12.3 Å². The molecule has 0 aliphatic carbocycles. The van der Waals surface area contributed by atoms with E-state index in [9.17, 15) is 5.26 Å². The largest absolute Gasteiger partial charge is 0.490 e. The van der Waals surface area contributed by atoms with E-state index in [4.69, 9.17) is 22.1 Å². The van der Waals surface area contributed by atoms with Gasteiger partial charge in [0.05, 0.1) is 22.2 Å². The standard InChI is InChI=1S/C18H21ClN4O/c1-12(2)8-18(3,9-20)10-24-16-5-4-13(6-14(16)19)15-7-17(21)23-11-22-15/h4-7,11-12H,8,10H2,1-3H3,(H2,21,22,23)/t18-/m1/s1. The van der Waals surface area contributed by atoms with Gasteiger partial charge in [0.1, 0.15) is 24.5 Å². The van der Waals surface area contributed by atoms with Crippen LogP contribution in [0.2, 0.25) is 5.02 Å². The number of nitriles is 1. The Morgan fingerprint density at radius 3 is 2.67 bits per heavy atom. The van der Waals surface area contributed by atoms with E-state index in [0.717, 1.165) is 12.0 Å². The van der Waals surface area contributed by atoms with E-state index < -0.39 is 5.41 Å². The lowest BCUT2D eigenvalue weighted by molar-refractivity contribution is 0.186. The van der Waals surface area contributed by atoms with Crippen LogP contribution < -0.4 is 10.5 Å². The molecule has 1 aromatic heterocycles. The second-order valence-electron chi connectivity index (χ2n) is 6.53. The summed E-state index contributed by atoms with van der Waals surface area (Å²) in [6.45, 7) is 6.37. The van der Waals surface area contributed by atoms with Gasteiger partial charge in [0.2, 0.25) is 0 Å². The Hall–Kier alpha value is -2.32. The van der Waals surface area contributed by atoms with Crippen LogP contribution in [-0.2, 0) is 0 Å². The summed E-state index contributed by atoms with van der Waals surface area (Å²) in [7, 11) is 0. The van der Waals surface area contributed by atoms with Crippen molar-refractivity contribution in [2.45, 2.75) is 27.2 Å². The predicted octanol–water partition coefficient (Wildman–Crippen LogP) is 4.33. The molecule has 1 aromatic carbocycles. The number of hydrogen-bond donors (Lipinski definition) is 1. The Labute approximate surface area is 147 Å². The van der Waals surface area contributed by atoms with Crippen molar-refractivity contribution in [3.05, 3.63) is 35.6 Å². The Kier molecular flexibility index (Phi) is 5.63. The second-order valence-corrected chi connectivity index (χ2v) is 6.94. The minimum Gasteiger partial charge on any atom is -0.490 e. The zero-order valence-electron chi connectivity index (χ0n) is 14.1. The van der Waals surface area contributed by atoms with Gasteiger partial charge in [-0.3, -0.25) is 0 Å². The van der Waals surface area contributed by atoms with E-state index in [1.54, 1.807) is 18.2 Å². The zero-order chi connectivity index (χ0) is 17.7. The van der Waals surface area contributed by atoms with Crippen molar-refractivity contribution in [1.29, 1.82) is 5.26 Å². The minimum absolute atomic E-state index is 0.293. The normalized spacial score (nSPS) is 13.3. The summed E-state index contributed by atoms with van der Waals surface area (Å²) in [5.41, 5.74) is 6.65. The molecule has 0 radical (unpaired) electrons. The van der Waals surface area contributed by atoms with Crippen LogP contribution in [0.4, 0.5) is 5.82 Å². The van der Waals surface area contributed by atoms with E-state index in [-0.39, 0.29) is 0 Å². The number of anilines is 1. The average Bonchev–Trinajstić information content (AvgIpc) is 2.53. The topological polar surface area (TPSA) is 84.8 Å². The van der Waals surface area contributed by atoms with Gasteiger partial charge in [-0.1, -0.05) is 25.4 Å². The summed E-state index contributed by atoms with van der Waals surface area (Å²) in [4.78, 5) is 8.05. The molecule has 2 aromatic rings. The van der Waals surface area contributed by atoms with Gasteiger partial charge in [0.25, 0.3) is 0 Å². The third kappa shape index (κ3) is 4.59. The molecule has 0 saturated heterocycles. The molecule has 0 fully saturated rings. The van der Waals surface area contributed by atoms with Crippen LogP contribution >= 0.6 is 11.6 Å². The van der Waals surface area contributed by atoms with Gasteiger partial charge in [0.15, 0.2) is 0 Å². The third-order valence-corrected chi connectivity index (χ3v) is 3.89. The molecule has 0 bridgehead atoms. The van der Waals surface area contributed by atoms with Crippen molar-refractivity contribution in [3.8, 4) is 23.1 Å². The highest BCUT2D eigenvalue weighted by molar-refractivity contribution is 6.32. The Balaban J connectivity index is 2.14. The summed E-state index contributed by atoms with van der Waals surface area (Å²) in [6.07, 6.45) is 2.17. The third-order valence-electron chi connectivity index (χ3n) is 3.59. The van der Waals surface area contributed by atoms with Gasteiger partial charge in [-0.2, -0.15) is 5.26 Å². The monoisotopic (exact) mass is 344 g/mol. The minimum atomic E-state index is -0.544. The lowest BCUT2D eigenvalue weighted by Gasteiger charge is -2.24. The van der Waals surface area contributed by atoms with Crippen molar-refractivity contribution in [2.24, 2.45) is 11.3 Å². The average molecular weight is 345 g/mol. The van der Waals surface area contributed by atoms with Gasteiger partial charge in [-0.25, -0.2) is 9.97 Å². The highest BCUT2D eigenvalue weighted by Crippen LogP contribution is 2.32. The number of aromatic nitrogens is 2. The summed E-state index contributed by atoms with van der Waals surface area (Å²) >= 11 is 6.31. The maximum Gasteiger partial charge on any atom is 0.138 e. The summed E-state index contributed by atoms with van der Waals surface area (Å²) in [5.74, 6) is 1.36. The number of hydrogen-bond acceptors (Lipinski definition) is 5. The number of halogens is 1. The van der Waals surface area contributed by atoms with E-state index in [2.05, 4.69) is 29.9 Å². The quantitative estimate of drug-likeness (QED) is 0.842. The van der Waals surface area contributed by atoms with Gasteiger partial charge in [0, 0.05) is 11.6 Å². The Bertz CT molecular complexity index is 757. The Morgan fingerprint density at radius 2 is 2.08 bits per heavy atom. The fourth-order valence-corrected chi connectivity index (χ4v) is 2.82. The first-order chi connectivity index (χ1) is 11.3. The molecule has 0 aliphatic heterocycles. The molecule has 1 heterocycles. The van der Waals surface area contributed by atoms with Crippen LogP contribution in [0.25, 0.3) is 11.3 Å². The first-order valence-corrected chi connectivity index (χ1v) is 8.12. The van der Waals surface area contributed by atoms with E-state index in [1.165, 1.54) is 6.33 Å². The van der Waals surface area contributed by atoms with E-state index in [0.29, 0.717) is 34.8 Å². The van der Waals surface area contributed by atoms with Gasteiger partial charge in [-0.05, 0) is 37.5 Å². The number of nitrogen functional groups attached to an aromatic ring is 1. The lowest BCUT2D eigenvalue weighted by atomic mass is 9.84. The van der Waals surface area contributed by atoms with Crippen LogP contribution in [0.5, 0.6) is 5.75 Å². The number of nitrogens with two attached hydrogens (primary N) is 1. The molecule has 5 nitrogen and oxygen atoms in total. The van der Waals surface area contributed by atoms with Crippen molar-refractivity contribution in [3.63, 3.8) is 0 Å². The molecule has 0 amide bonds. The van der Waals surface area contributed by atoms with Gasteiger partial charge >= 0.3 is 0 Å². The first kappa shape index (κ1) is 18.0. The van der Waals surface area contributed by atoms with Crippen LogP contribution in [-0.4, -0.2) is 16.6 Å². The zero-order valence-corrected chi connectivity index (χ0v) is 14.8. The first-order valence-electron chi connectivity index (χ1n) is 7.74. The fraction of sp³-hybridized carbons (Fsp3) is 0.389. The number of benzene rings is 1. The smallest absolute Gasteiger partial charge is 0.138 e. The van der Waals surface area contributed by atoms with Crippen molar-refractivity contribution in [1.82, 2.24) is 9.97 Å². The van der Waals surface area contributed by atoms with Crippen molar-refractivity contribution < 1.29 is 4.74 Å². The summed E-state index contributed by atoms with van der Waals surface area (Å²) < 4.78 is 5.80. The number of rotatable bonds is 6. The molecule has 2 N–H and O–H groups in total. The molecule has 24 heavy (non-hydrogen) atoms. The molecular formula is C18H21ClN4O. The lowest BCUT2D eigenvalue weighted by Crippen LogP contribution is -2.25. The second kappa shape index (κ2) is 7.50. The maximum atomic E-state index is 9.41. The molecule has 0 spiro atoms. The van der Waals surface area contributed by atoms with Gasteiger partial charge in [-0.15, -0.1) is 0 Å². The highest BCUT2D eigenvalue weighted by atomic mass is 35.5. The van der Waals surface area contributed by atoms with Gasteiger partial charge < -0.3 is 10.5 Å². The molecule has 0 unspecified atom stereocenters. The maximum absolute atomic E-state index is 9.41. The number of ether oxygens (including phenoxy) is 1. The van der Waals surface area contributed by atoms with Crippen LogP contribution in [0.1, 0.15) is 27.2 Å². The van der Waals surface area contributed by atoms with E-state index in [1.807, 2.05) is 13.0 Å². The van der Waals surface area contributed by atoms with Crippen molar-refractivity contribution >= 4 is 17.4 Å². The molecule has 1 atom stereocenters. The molecule has 2 rings (SSSR count). The van der Waals surface area contributed by atoms with Crippen LogP contribution in [0.3, 0.4) is 0 Å². The van der Waals surface area contributed by atoms with E-state index >= 15 is 0 Å². The van der Waals surface area contributed by atoms with Crippen LogP contribution in [0.15, 0.2) is 30.6 Å². The fourth-order valence-electron chi connectivity index (χ4n) is 2.58. The molecular weight excluding hydrogens is 324 g/mol. The summed E-state index contributed by atoms with van der Waals surface area (Å²) in [6, 6.07) is 9.43. The molecule has 6 heteroatoms. The molecule has 0 aliphatic rings.